The summed E-state index contributed by atoms with van der Waals surface area (Å²) in [5.74, 6) is 0.961. The molecule has 0 atom stereocenters. The number of nitrogens with one attached hydrogen (secondary N) is 1. The summed E-state index contributed by atoms with van der Waals surface area (Å²) >= 11 is 0. The Bertz CT molecular complexity index is 263. The first-order chi connectivity index (χ1) is 10.3. The minimum absolute atomic E-state index is 0.148. The molecule has 2 nitrogen and oxygen atoms in total. The van der Waals surface area contributed by atoms with E-state index in [1.165, 1.54) is 77.0 Å². The van der Waals surface area contributed by atoms with Crippen LogP contribution in [0.15, 0.2) is 0 Å². The normalized spacial score (nSPS) is 32.0. The fourth-order valence-electron chi connectivity index (χ4n) is 4.30. The van der Waals surface area contributed by atoms with Gasteiger partial charge in [0.1, 0.15) is 0 Å². The van der Waals surface area contributed by atoms with E-state index in [-0.39, 0.29) is 5.60 Å². The van der Waals surface area contributed by atoms with E-state index in [2.05, 4.69) is 19.2 Å². The summed E-state index contributed by atoms with van der Waals surface area (Å²) in [6, 6.07) is 0. The van der Waals surface area contributed by atoms with Gasteiger partial charge in [-0.25, -0.2) is 0 Å². The summed E-state index contributed by atoms with van der Waals surface area (Å²) in [4.78, 5) is 0. The van der Waals surface area contributed by atoms with Gasteiger partial charge in [-0.3, -0.25) is 0 Å². The molecule has 2 rings (SSSR count). The second-order valence-electron chi connectivity index (χ2n) is 7.43. The topological polar surface area (TPSA) is 21.3 Å². The fraction of sp³-hybridized carbons (Fsp3) is 1.00. The molecular weight excluding hydrogens is 258 g/mol. The van der Waals surface area contributed by atoms with Crippen molar-refractivity contribution in [3.63, 3.8) is 0 Å². The zero-order valence-corrected chi connectivity index (χ0v) is 14.5. The maximum atomic E-state index is 6.77. The molecule has 0 unspecified atom stereocenters. The quantitative estimate of drug-likeness (QED) is 0.662. The van der Waals surface area contributed by atoms with Gasteiger partial charge in [0.15, 0.2) is 0 Å². The smallest absolute Gasteiger partial charge is 0.0810 e. The first-order valence-corrected chi connectivity index (χ1v) is 9.66. The summed E-state index contributed by atoms with van der Waals surface area (Å²) in [6.45, 7) is 6.66. The minimum atomic E-state index is 0.148. The van der Waals surface area contributed by atoms with Gasteiger partial charge in [0.05, 0.1) is 11.7 Å². The molecule has 0 spiro atoms. The van der Waals surface area contributed by atoms with Crippen LogP contribution in [0.4, 0.5) is 0 Å². The Morgan fingerprint density at radius 3 is 2.19 bits per heavy atom. The highest BCUT2D eigenvalue weighted by molar-refractivity contribution is 4.90. The standard InChI is InChI=1S/C19H37NO/c1-3-9-17-12-14-19(15-13-17,16-20-4-2)21-18-10-7-5-6-8-11-18/h17-18,20H,3-16H2,1-2H3. The summed E-state index contributed by atoms with van der Waals surface area (Å²) in [5.41, 5.74) is 0.148. The Hall–Kier alpha value is -0.0800. The maximum Gasteiger partial charge on any atom is 0.0810 e. The Kier molecular flexibility index (Phi) is 7.53. The molecule has 0 aromatic rings. The van der Waals surface area contributed by atoms with Gasteiger partial charge < -0.3 is 10.1 Å². The number of ether oxygens (including phenoxy) is 1. The van der Waals surface area contributed by atoms with E-state index in [1.54, 1.807) is 0 Å². The van der Waals surface area contributed by atoms with Crippen molar-refractivity contribution < 1.29 is 4.74 Å². The molecule has 124 valence electrons. The highest BCUT2D eigenvalue weighted by Crippen LogP contribution is 2.38. The van der Waals surface area contributed by atoms with E-state index in [1.807, 2.05) is 0 Å². The van der Waals surface area contributed by atoms with Gasteiger partial charge in [0.2, 0.25) is 0 Å². The van der Waals surface area contributed by atoms with Crippen LogP contribution >= 0.6 is 0 Å². The average molecular weight is 296 g/mol. The van der Waals surface area contributed by atoms with Crippen LogP contribution in [0.25, 0.3) is 0 Å². The molecule has 0 aromatic heterocycles. The number of hydrogen-bond acceptors (Lipinski definition) is 2. The molecule has 1 N–H and O–H groups in total. The molecule has 2 aliphatic rings. The molecule has 2 fully saturated rings. The molecular formula is C19H37NO. The lowest BCUT2D eigenvalue weighted by atomic mass is 9.76. The Morgan fingerprint density at radius 2 is 1.62 bits per heavy atom. The second kappa shape index (κ2) is 9.15. The molecule has 2 heteroatoms. The molecule has 0 amide bonds. The summed E-state index contributed by atoms with van der Waals surface area (Å²) in [7, 11) is 0. The third kappa shape index (κ3) is 5.56. The van der Waals surface area contributed by atoms with Gasteiger partial charge in [-0.1, -0.05) is 52.4 Å². The van der Waals surface area contributed by atoms with E-state index >= 15 is 0 Å². The van der Waals surface area contributed by atoms with E-state index in [0.29, 0.717) is 6.10 Å². The molecule has 0 aliphatic heterocycles. The second-order valence-corrected chi connectivity index (χ2v) is 7.43. The van der Waals surface area contributed by atoms with Crippen LogP contribution in [0.3, 0.4) is 0 Å². The van der Waals surface area contributed by atoms with E-state index in [0.717, 1.165) is 19.0 Å². The Morgan fingerprint density at radius 1 is 0.952 bits per heavy atom. The fourth-order valence-corrected chi connectivity index (χ4v) is 4.30. The van der Waals surface area contributed by atoms with Crippen LogP contribution in [0.1, 0.15) is 90.9 Å². The molecule has 0 bridgehead atoms. The first kappa shape index (κ1) is 17.3. The predicted octanol–water partition coefficient (Wildman–Crippen LogP) is 5.06. The van der Waals surface area contributed by atoms with E-state index in [4.69, 9.17) is 4.74 Å². The molecule has 21 heavy (non-hydrogen) atoms. The van der Waals surface area contributed by atoms with Crippen LogP contribution < -0.4 is 5.32 Å². The molecule has 0 heterocycles. The third-order valence-electron chi connectivity index (χ3n) is 5.63. The summed E-state index contributed by atoms with van der Waals surface area (Å²) in [6.07, 6.45) is 16.8. The number of rotatable bonds is 7. The van der Waals surface area contributed by atoms with Gasteiger partial charge in [0.25, 0.3) is 0 Å². The largest absolute Gasteiger partial charge is 0.370 e. The first-order valence-electron chi connectivity index (χ1n) is 9.66. The van der Waals surface area contributed by atoms with Crippen LogP contribution in [0.5, 0.6) is 0 Å². The Labute approximate surface area is 132 Å². The van der Waals surface area contributed by atoms with Crippen LogP contribution in [-0.4, -0.2) is 24.8 Å². The van der Waals surface area contributed by atoms with Crippen LogP contribution in [-0.2, 0) is 4.74 Å². The summed E-state index contributed by atoms with van der Waals surface area (Å²) in [5, 5.41) is 3.59. The van der Waals surface area contributed by atoms with Crippen molar-refractivity contribution in [2.75, 3.05) is 13.1 Å². The molecule has 0 saturated heterocycles. The predicted molar refractivity (Wildman–Crippen MR) is 90.7 cm³/mol. The van der Waals surface area contributed by atoms with Gasteiger partial charge in [-0.2, -0.15) is 0 Å². The third-order valence-corrected chi connectivity index (χ3v) is 5.63. The van der Waals surface area contributed by atoms with Crippen molar-refractivity contribution >= 4 is 0 Å². The SMILES string of the molecule is CCCC1CCC(CNCC)(OC2CCCCCC2)CC1. The minimum Gasteiger partial charge on any atom is -0.370 e. The van der Waals surface area contributed by atoms with E-state index < -0.39 is 0 Å². The molecule has 2 aliphatic carbocycles. The molecule has 2 saturated carbocycles. The van der Waals surface area contributed by atoms with Gasteiger partial charge in [-0.05, 0) is 51.0 Å². The van der Waals surface area contributed by atoms with Crippen molar-refractivity contribution in [1.29, 1.82) is 0 Å². The van der Waals surface area contributed by atoms with Crippen molar-refractivity contribution in [3.05, 3.63) is 0 Å². The monoisotopic (exact) mass is 295 g/mol. The van der Waals surface area contributed by atoms with Crippen LogP contribution in [0.2, 0.25) is 0 Å². The zero-order chi connectivity index (χ0) is 15.0. The number of likely N-dealkylation sites (N-methyl/N-ethyl adjacent to an activating group) is 1. The maximum absolute atomic E-state index is 6.77. The van der Waals surface area contributed by atoms with Crippen molar-refractivity contribution in [2.45, 2.75) is 103 Å². The lowest BCUT2D eigenvalue weighted by Crippen LogP contribution is -2.48. The average Bonchev–Trinajstić information content (AvgIpc) is 2.76. The highest BCUT2D eigenvalue weighted by Gasteiger charge is 2.37. The number of hydrogen-bond donors (Lipinski definition) is 1. The van der Waals surface area contributed by atoms with Gasteiger partial charge in [-0.15, -0.1) is 0 Å². The molecule has 0 aromatic carbocycles. The lowest BCUT2D eigenvalue weighted by Gasteiger charge is -2.42. The van der Waals surface area contributed by atoms with Crippen molar-refractivity contribution in [2.24, 2.45) is 5.92 Å². The van der Waals surface area contributed by atoms with Crippen molar-refractivity contribution in [1.82, 2.24) is 5.32 Å². The summed E-state index contributed by atoms with van der Waals surface area (Å²) < 4.78 is 6.77. The van der Waals surface area contributed by atoms with E-state index in [9.17, 15) is 0 Å². The van der Waals surface area contributed by atoms with Gasteiger partial charge >= 0.3 is 0 Å². The van der Waals surface area contributed by atoms with Gasteiger partial charge in [0, 0.05) is 6.54 Å². The lowest BCUT2D eigenvalue weighted by molar-refractivity contribution is -0.122. The van der Waals surface area contributed by atoms with Crippen LogP contribution in [0, 0.1) is 5.92 Å². The Balaban J connectivity index is 1.90. The molecule has 0 radical (unpaired) electrons. The highest BCUT2D eigenvalue weighted by atomic mass is 16.5. The zero-order valence-electron chi connectivity index (χ0n) is 14.5. The van der Waals surface area contributed by atoms with Crippen molar-refractivity contribution in [3.8, 4) is 0 Å².